The molecular formula is C20H22N4O2. The van der Waals surface area contributed by atoms with Crippen LogP contribution in [0.1, 0.15) is 23.2 Å². The number of benzene rings is 2. The minimum absolute atomic E-state index is 0.0370. The Morgan fingerprint density at radius 1 is 1.23 bits per heavy atom. The number of hydrogen-bond acceptors (Lipinski definition) is 4. The lowest BCUT2D eigenvalue weighted by Gasteiger charge is -2.09. The first kappa shape index (κ1) is 16.6. The van der Waals surface area contributed by atoms with Gasteiger partial charge in [0.15, 0.2) is 5.82 Å². The normalized spacial score (nSPS) is 16.8. The maximum atomic E-state index is 12.3. The van der Waals surface area contributed by atoms with Gasteiger partial charge in [-0.2, -0.15) is 5.10 Å². The van der Waals surface area contributed by atoms with Crippen LogP contribution >= 0.6 is 0 Å². The van der Waals surface area contributed by atoms with Gasteiger partial charge in [-0.05, 0) is 54.2 Å². The van der Waals surface area contributed by atoms with Crippen molar-refractivity contribution in [3.8, 4) is 11.1 Å². The molecule has 1 atom stereocenters. The molecule has 0 aliphatic carbocycles. The van der Waals surface area contributed by atoms with Crippen LogP contribution in [0, 0.1) is 5.92 Å². The summed E-state index contributed by atoms with van der Waals surface area (Å²) in [6.45, 7) is 2.34. The fraction of sp³-hybridized carbons (Fsp3) is 0.300. The van der Waals surface area contributed by atoms with Gasteiger partial charge in [0.1, 0.15) is 0 Å². The summed E-state index contributed by atoms with van der Waals surface area (Å²) in [6, 6.07) is 13.6. The van der Waals surface area contributed by atoms with Gasteiger partial charge in [-0.25, -0.2) is 0 Å². The highest BCUT2D eigenvalue weighted by molar-refractivity contribution is 5.95. The molecular weight excluding hydrogens is 328 g/mol. The topological polar surface area (TPSA) is 93.0 Å². The monoisotopic (exact) mass is 350 g/mol. The average Bonchev–Trinajstić information content (AvgIpc) is 3.32. The van der Waals surface area contributed by atoms with E-state index in [1.807, 2.05) is 42.5 Å². The smallest absolute Gasteiger partial charge is 0.251 e. The summed E-state index contributed by atoms with van der Waals surface area (Å²) < 4.78 is 5.36. The third-order valence-electron chi connectivity index (χ3n) is 4.93. The molecule has 4 rings (SSSR count). The summed E-state index contributed by atoms with van der Waals surface area (Å²) in [4.78, 5) is 12.3. The zero-order chi connectivity index (χ0) is 17.9. The number of hydrogen-bond donors (Lipinski definition) is 3. The molecule has 0 radical (unpaired) electrons. The molecule has 26 heavy (non-hydrogen) atoms. The van der Waals surface area contributed by atoms with Crippen LogP contribution < -0.4 is 11.1 Å². The van der Waals surface area contributed by atoms with Crippen molar-refractivity contribution in [2.75, 3.05) is 25.5 Å². The van der Waals surface area contributed by atoms with Crippen LogP contribution in [0.25, 0.3) is 22.0 Å². The number of amides is 1. The van der Waals surface area contributed by atoms with Gasteiger partial charge in [-0.3, -0.25) is 9.89 Å². The number of nitrogens with zero attached hydrogens (tertiary/aromatic N) is 1. The van der Waals surface area contributed by atoms with E-state index in [0.29, 0.717) is 23.8 Å². The molecule has 1 fully saturated rings. The molecule has 0 bridgehead atoms. The lowest BCUT2D eigenvalue weighted by molar-refractivity contribution is 0.0950. The van der Waals surface area contributed by atoms with Gasteiger partial charge in [-0.15, -0.1) is 0 Å². The summed E-state index contributed by atoms with van der Waals surface area (Å²) in [6.07, 6.45) is 2.06. The molecule has 2 heterocycles. The van der Waals surface area contributed by atoms with Gasteiger partial charge in [0.25, 0.3) is 5.91 Å². The second kappa shape index (κ2) is 7.17. The van der Waals surface area contributed by atoms with E-state index in [1.165, 1.54) is 0 Å². The lowest BCUT2D eigenvalue weighted by atomic mass is 10.0. The summed E-state index contributed by atoms with van der Waals surface area (Å²) >= 11 is 0. The molecule has 0 spiro atoms. The highest BCUT2D eigenvalue weighted by atomic mass is 16.5. The van der Waals surface area contributed by atoms with E-state index in [4.69, 9.17) is 10.5 Å². The molecule has 1 amide bonds. The zero-order valence-corrected chi connectivity index (χ0v) is 14.5. The van der Waals surface area contributed by atoms with Crippen molar-refractivity contribution in [1.82, 2.24) is 15.5 Å². The first-order valence-corrected chi connectivity index (χ1v) is 8.91. The van der Waals surface area contributed by atoms with Gasteiger partial charge in [0.2, 0.25) is 0 Å². The molecule has 6 heteroatoms. The first-order valence-electron chi connectivity index (χ1n) is 8.91. The average molecular weight is 350 g/mol. The molecule has 0 saturated carbocycles. The summed E-state index contributed by atoms with van der Waals surface area (Å²) in [7, 11) is 0. The Morgan fingerprint density at radius 3 is 2.81 bits per heavy atom. The third-order valence-corrected chi connectivity index (χ3v) is 4.93. The Bertz CT molecular complexity index is 911. The Morgan fingerprint density at radius 2 is 2.04 bits per heavy atom. The van der Waals surface area contributed by atoms with Crippen LogP contribution in [0.2, 0.25) is 0 Å². The second-order valence-electron chi connectivity index (χ2n) is 6.72. The largest absolute Gasteiger partial charge is 0.382 e. The number of carbonyl (C=O) groups excluding carboxylic acids is 1. The number of fused-ring (bicyclic) bond motifs is 1. The first-order chi connectivity index (χ1) is 12.7. The Hall–Kier alpha value is -2.86. The Labute approximate surface area is 151 Å². The molecule has 2 aromatic carbocycles. The second-order valence-corrected chi connectivity index (χ2v) is 6.72. The number of anilines is 1. The Balaban J connectivity index is 1.41. The van der Waals surface area contributed by atoms with Crippen LogP contribution in [0.4, 0.5) is 5.82 Å². The predicted molar refractivity (Wildman–Crippen MR) is 102 cm³/mol. The maximum Gasteiger partial charge on any atom is 0.251 e. The van der Waals surface area contributed by atoms with Gasteiger partial charge < -0.3 is 15.8 Å². The number of carbonyl (C=O) groups is 1. The standard InChI is InChI=1S/C20H22N4O2/c21-19-17-11-16(5-6-18(17)23-24-19)14-1-3-15(4-2-14)20(25)22-9-7-13-8-10-26-12-13/h1-6,11,13H,7-10,12H2,(H,22,25)(H3,21,23,24)/t13-/m1/s1. The fourth-order valence-electron chi connectivity index (χ4n) is 3.33. The Kier molecular flexibility index (Phi) is 4.58. The molecule has 1 saturated heterocycles. The summed E-state index contributed by atoms with van der Waals surface area (Å²) in [5.74, 6) is 1.03. The van der Waals surface area contributed by atoms with Crippen LogP contribution in [0.3, 0.4) is 0 Å². The zero-order valence-electron chi connectivity index (χ0n) is 14.5. The highest BCUT2D eigenvalue weighted by Gasteiger charge is 2.15. The van der Waals surface area contributed by atoms with Crippen molar-refractivity contribution in [3.63, 3.8) is 0 Å². The minimum Gasteiger partial charge on any atom is -0.382 e. The maximum absolute atomic E-state index is 12.3. The van der Waals surface area contributed by atoms with E-state index in [1.54, 1.807) is 0 Å². The number of nitrogens with one attached hydrogen (secondary N) is 2. The number of nitrogens with two attached hydrogens (primary N) is 1. The number of aromatic amines is 1. The lowest BCUT2D eigenvalue weighted by Crippen LogP contribution is -2.26. The quantitative estimate of drug-likeness (QED) is 0.659. The molecule has 1 aromatic heterocycles. The van der Waals surface area contributed by atoms with Crippen LogP contribution in [-0.4, -0.2) is 35.9 Å². The van der Waals surface area contributed by atoms with Crippen molar-refractivity contribution in [3.05, 3.63) is 48.0 Å². The predicted octanol–water partition coefficient (Wildman–Crippen LogP) is 2.97. The summed E-state index contributed by atoms with van der Waals surface area (Å²) in [5, 5.41) is 10.8. The SMILES string of the molecule is Nc1n[nH]c2ccc(-c3ccc(C(=O)NCC[C@@H]4CCOC4)cc3)cc12. The van der Waals surface area contributed by atoms with E-state index in [-0.39, 0.29) is 5.91 Å². The van der Waals surface area contributed by atoms with Gasteiger partial charge in [0, 0.05) is 30.7 Å². The van der Waals surface area contributed by atoms with E-state index < -0.39 is 0 Å². The molecule has 0 unspecified atom stereocenters. The van der Waals surface area contributed by atoms with Crippen molar-refractivity contribution >= 4 is 22.6 Å². The molecule has 134 valence electrons. The highest BCUT2D eigenvalue weighted by Crippen LogP contribution is 2.26. The number of rotatable bonds is 5. The fourth-order valence-corrected chi connectivity index (χ4v) is 3.33. The molecule has 3 aromatic rings. The molecule has 6 nitrogen and oxygen atoms in total. The number of ether oxygens (including phenoxy) is 1. The number of nitrogen functional groups attached to an aromatic ring is 1. The van der Waals surface area contributed by atoms with E-state index in [2.05, 4.69) is 15.5 Å². The minimum atomic E-state index is -0.0370. The molecule has 4 N–H and O–H groups in total. The molecule has 1 aliphatic heterocycles. The van der Waals surface area contributed by atoms with E-state index >= 15 is 0 Å². The number of aromatic nitrogens is 2. The van der Waals surface area contributed by atoms with Crippen LogP contribution in [0.15, 0.2) is 42.5 Å². The van der Waals surface area contributed by atoms with Crippen molar-refractivity contribution < 1.29 is 9.53 Å². The van der Waals surface area contributed by atoms with Crippen molar-refractivity contribution in [2.24, 2.45) is 5.92 Å². The summed E-state index contributed by atoms with van der Waals surface area (Å²) in [5.41, 5.74) is 9.53. The van der Waals surface area contributed by atoms with Crippen LogP contribution in [-0.2, 0) is 4.74 Å². The third kappa shape index (κ3) is 3.41. The van der Waals surface area contributed by atoms with Crippen LogP contribution in [0.5, 0.6) is 0 Å². The van der Waals surface area contributed by atoms with Crippen molar-refractivity contribution in [2.45, 2.75) is 12.8 Å². The van der Waals surface area contributed by atoms with Crippen molar-refractivity contribution in [1.29, 1.82) is 0 Å². The molecule has 1 aliphatic rings. The van der Waals surface area contributed by atoms with E-state index in [9.17, 15) is 4.79 Å². The van der Waals surface area contributed by atoms with E-state index in [0.717, 1.165) is 48.1 Å². The van der Waals surface area contributed by atoms with Gasteiger partial charge in [-0.1, -0.05) is 18.2 Å². The van der Waals surface area contributed by atoms with Gasteiger partial charge >= 0.3 is 0 Å². The number of H-pyrrole nitrogens is 1. The van der Waals surface area contributed by atoms with Gasteiger partial charge in [0.05, 0.1) is 5.52 Å².